The molecule has 2 heterocycles. The molecule has 1 aromatic carbocycles. The number of anilines is 2. The number of aromatic nitrogens is 1. The van der Waals surface area contributed by atoms with Crippen LogP contribution in [0, 0.1) is 27.2 Å². The summed E-state index contributed by atoms with van der Waals surface area (Å²) in [5.41, 5.74) is 0.901. The number of hydrogen-bond donors (Lipinski definition) is 0. The molecular weight excluding hydrogens is 346 g/mol. The van der Waals surface area contributed by atoms with Gasteiger partial charge in [0.25, 0.3) is 11.4 Å². The van der Waals surface area contributed by atoms with E-state index in [4.69, 9.17) is 0 Å². The number of aryl methyl sites for hydroxylation is 1. The maximum absolute atomic E-state index is 11.4. The molecule has 1 aliphatic rings. The van der Waals surface area contributed by atoms with Crippen molar-refractivity contribution in [3.8, 4) is 0 Å². The SMILES string of the molecule is Cc1csc(N2CCCN(c3ccc([N+](=O)[O-])cc3[N+](=O)[O-])CC2)n1. The predicted octanol–water partition coefficient (Wildman–Crippen LogP) is 2.98. The standard InChI is InChI=1S/C15H17N5O4S/c1-11-10-25-15(16-11)18-6-2-5-17(7-8-18)13-4-3-12(19(21)22)9-14(13)20(23)24/h3-4,9-10H,2,5-8H2,1H3. The molecule has 0 radical (unpaired) electrons. The van der Waals surface area contributed by atoms with Crippen LogP contribution in [0.25, 0.3) is 0 Å². The van der Waals surface area contributed by atoms with E-state index >= 15 is 0 Å². The zero-order chi connectivity index (χ0) is 18.0. The number of nitro benzene ring substituents is 2. The topological polar surface area (TPSA) is 106 Å². The molecule has 0 N–H and O–H groups in total. The van der Waals surface area contributed by atoms with E-state index in [9.17, 15) is 20.2 Å². The molecule has 9 nitrogen and oxygen atoms in total. The Morgan fingerprint density at radius 1 is 1.08 bits per heavy atom. The molecule has 0 spiro atoms. The zero-order valence-corrected chi connectivity index (χ0v) is 14.4. The molecule has 1 saturated heterocycles. The van der Waals surface area contributed by atoms with Crippen LogP contribution in [0.2, 0.25) is 0 Å². The third kappa shape index (κ3) is 3.68. The number of benzene rings is 1. The Kier molecular flexibility index (Phi) is 4.79. The molecular formula is C15H17N5O4S. The highest BCUT2D eigenvalue weighted by atomic mass is 32.1. The van der Waals surface area contributed by atoms with E-state index in [1.54, 1.807) is 11.3 Å². The third-order valence-corrected chi connectivity index (χ3v) is 5.10. The van der Waals surface area contributed by atoms with Crippen LogP contribution in [0.3, 0.4) is 0 Å². The maximum atomic E-state index is 11.4. The lowest BCUT2D eigenvalue weighted by Crippen LogP contribution is -2.31. The van der Waals surface area contributed by atoms with Crippen molar-refractivity contribution < 1.29 is 9.85 Å². The van der Waals surface area contributed by atoms with Crippen molar-refractivity contribution in [3.05, 3.63) is 49.5 Å². The predicted molar refractivity (Wildman–Crippen MR) is 95.6 cm³/mol. The summed E-state index contributed by atoms with van der Waals surface area (Å²) in [6.07, 6.45) is 0.826. The largest absolute Gasteiger partial charge is 0.364 e. The highest BCUT2D eigenvalue weighted by Crippen LogP contribution is 2.33. The van der Waals surface area contributed by atoms with Gasteiger partial charge in [-0.15, -0.1) is 11.3 Å². The fourth-order valence-electron chi connectivity index (χ4n) is 2.88. The van der Waals surface area contributed by atoms with E-state index in [1.807, 2.05) is 17.2 Å². The van der Waals surface area contributed by atoms with Crippen LogP contribution in [0.5, 0.6) is 0 Å². The van der Waals surface area contributed by atoms with Crippen molar-refractivity contribution in [1.82, 2.24) is 4.98 Å². The first-order valence-corrected chi connectivity index (χ1v) is 8.68. The van der Waals surface area contributed by atoms with E-state index in [0.717, 1.165) is 29.9 Å². The summed E-state index contributed by atoms with van der Waals surface area (Å²) in [4.78, 5) is 29.6. The monoisotopic (exact) mass is 363 g/mol. The summed E-state index contributed by atoms with van der Waals surface area (Å²) in [5, 5.41) is 25.2. The fourth-order valence-corrected chi connectivity index (χ4v) is 3.73. The lowest BCUT2D eigenvalue weighted by atomic mass is 10.2. The van der Waals surface area contributed by atoms with E-state index in [-0.39, 0.29) is 11.4 Å². The lowest BCUT2D eigenvalue weighted by Gasteiger charge is -2.23. The molecule has 3 rings (SSSR count). The summed E-state index contributed by atoms with van der Waals surface area (Å²) in [6.45, 7) is 4.71. The van der Waals surface area contributed by atoms with Crippen molar-refractivity contribution in [3.63, 3.8) is 0 Å². The molecule has 1 fully saturated rings. The molecule has 10 heteroatoms. The molecule has 0 amide bonds. The maximum Gasteiger partial charge on any atom is 0.299 e. The van der Waals surface area contributed by atoms with Gasteiger partial charge in [-0.05, 0) is 19.4 Å². The summed E-state index contributed by atoms with van der Waals surface area (Å²) in [7, 11) is 0. The van der Waals surface area contributed by atoms with Gasteiger partial charge in [0.2, 0.25) is 0 Å². The van der Waals surface area contributed by atoms with Crippen LogP contribution in [0.1, 0.15) is 12.1 Å². The van der Waals surface area contributed by atoms with Gasteiger partial charge in [-0.1, -0.05) is 0 Å². The van der Waals surface area contributed by atoms with Crippen LogP contribution < -0.4 is 9.80 Å². The number of nitro groups is 2. The summed E-state index contributed by atoms with van der Waals surface area (Å²) in [5.74, 6) is 0. The van der Waals surface area contributed by atoms with Crippen LogP contribution in [-0.2, 0) is 0 Å². The van der Waals surface area contributed by atoms with Gasteiger partial charge in [-0.25, -0.2) is 4.98 Å². The minimum Gasteiger partial charge on any atom is -0.364 e. The number of rotatable bonds is 4. The Labute approximate surface area is 147 Å². The first-order valence-electron chi connectivity index (χ1n) is 7.80. The van der Waals surface area contributed by atoms with Crippen molar-refractivity contribution in [2.75, 3.05) is 36.0 Å². The first-order chi connectivity index (χ1) is 12.0. The Morgan fingerprint density at radius 3 is 2.44 bits per heavy atom. The van der Waals surface area contributed by atoms with E-state index < -0.39 is 9.85 Å². The fraction of sp³-hybridized carbons (Fsp3) is 0.400. The number of thiazole rings is 1. The van der Waals surface area contributed by atoms with Gasteiger partial charge in [0.1, 0.15) is 5.69 Å². The van der Waals surface area contributed by atoms with Crippen LogP contribution >= 0.6 is 11.3 Å². The lowest BCUT2D eigenvalue weighted by molar-refractivity contribution is -0.393. The minimum absolute atomic E-state index is 0.229. The highest BCUT2D eigenvalue weighted by Gasteiger charge is 2.25. The number of hydrogen-bond acceptors (Lipinski definition) is 8. The molecule has 1 aliphatic heterocycles. The van der Waals surface area contributed by atoms with E-state index in [0.29, 0.717) is 25.3 Å². The molecule has 0 unspecified atom stereocenters. The molecule has 2 aromatic rings. The number of nitrogens with zero attached hydrogens (tertiary/aromatic N) is 5. The molecule has 1 aromatic heterocycles. The minimum atomic E-state index is -0.619. The molecule has 0 atom stereocenters. The summed E-state index contributed by atoms with van der Waals surface area (Å²) >= 11 is 1.59. The van der Waals surface area contributed by atoms with E-state index in [1.165, 1.54) is 12.1 Å². The molecule has 132 valence electrons. The number of non-ortho nitro benzene ring substituents is 1. The second-order valence-corrected chi connectivity index (χ2v) is 6.62. The van der Waals surface area contributed by atoms with Crippen molar-refractivity contribution in [1.29, 1.82) is 0 Å². The Morgan fingerprint density at radius 2 is 1.80 bits per heavy atom. The van der Waals surface area contributed by atoms with Crippen LogP contribution in [-0.4, -0.2) is 41.0 Å². The summed E-state index contributed by atoms with van der Waals surface area (Å²) in [6, 6.07) is 3.82. The first kappa shape index (κ1) is 17.1. The molecule has 25 heavy (non-hydrogen) atoms. The van der Waals surface area contributed by atoms with Crippen LogP contribution in [0.15, 0.2) is 23.6 Å². The second kappa shape index (κ2) is 7.01. The quantitative estimate of drug-likeness (QED) is 0.607. The van der Waals surface area contributed by atoms with Gasteiger partial charge in [0.15, 0.2) is 5.13 Å². The van der Waals surface area contributed by atoms with Gasteiger partial charge in [-0.2, -0.15) is 0 Å². The van der Waals surface area contributed by atoms with Gasteiger partial charge in [0.05, 0.1) is 21.6 Å². The van der Waals surface area contributed by atoms with Crippen molar-refractivity contribution in [2.24, 2.45) is 0 Å². The van der Waals surface area contributed by atoms with Gasteiger partial charge in [-0.3, -0.25) is 20.2 Å². The van der Waals surface area contributed by atoms with Gasteiger partial charge in [0, 0.05) is 37.6 Å². The summed E-state index contributed by atoms with van der Waals surface area (Å²) < 4.78 is 0. The second-order valence-electron chi connectivity index (χ2n) is 5.79. The van der Waals surface area contributed by atoms with Crippen molar-refractivity contribution >= 4 is 33.5 Å². The average Bonchev–Trinajstić information content (AvgIpc) is 2.87. The normalized spacial score (nSPS) is 15.1. The van der Waals surface area contributed by atoms with Gasteiger partial charge < -0.3 is 9.80 Å². The zero-order valence-electron chi connectivity index (χ0n) is 13.6. The molecule has 0 aliphatic carbocycles. The Bertz CT molecular complexity index is 809. The molecule has 0 saturated carbocycles. The highest BCUT2D eigenvalue weighted by molar-refractivity contribution is 7.13. The molecule has 0 bridgehead atoms. The Hall–Kier alpha value is -2.75. The van der Waals surface area contributed by atoms with Gasteiger partial charge >= 0.3 is 0 Å². The van der Waals surface area contributed by atoms with Crippen LogP contribution in [0.4, 0.5) is 22.2 Å². The Balaban J connectivity index is 1.82. The third-order valence-electron chi connectivity index (χ3n) is 4.08. The van der Waals surface area contributed by atoms with Crippen molar-refractivity contribution in [2.45, 2.75) is 13.3 Å². The van der Waals surface area contributed by atoms with E-state index in [2.05, 4.69) is 9.88 Å². The average molecular weight is 363 g/mol. The smallest absolute Gasteiger partial charge is 0.299 e.